The average Bonchev–Trinajstić information content (AvgIpc) is 2.46. The lowest BCUT2D eigenvalue weighted by atomic mass is 10.2. The first-order chi connectivity index (χ1) is 9.16. The molecule has 0 unspecified atom stereocenters. The molecule has 1 amide bonds. The number of hydrogen-bond donors (Lipinski definition) is 0. The van der Waals surface area contributed by atoms with Crippen LogP contribution in [0, 0.1) is 0 Å². The molecule has 2 aromatic rings. The number of rotatable bonds is 4. The molecule has 0 spiro atoms. The van der Waals surface area contributed by atoms with Crippen LogP contribution in [0.25, 0.3) is 0 Å². The maximum atomic E-state index is 12.1. The first-order valence-electron chi connectivity index (χ1n) is 5.94. The highest BCUT2D eigenvalue weighted by Gasteiger charge is 2.12. The molecule has 0 aliphatic carbocycles. The van der Waals surface area contributed by atoms with Gasteiger partial charge in [-0.25, -0.2) is 4.98 Å². The molecule has 0 saturated carbocycles. The van der Waals surface area contributed by atoms with Gasteiger partial charge in [0, 0.05) is 42.6 Å². The van der Waals surface area contributed by atoms with Crippen LogP contribution in [0.4, 0.5) is 0 Å². The predicted molar refractivity (Wildman–Crippen MR) is 76.8 cm³/mol. The Morgan fingerprint density at radius 1 is 1.26 bits per heavy atom. The molecular weight excluding hydrogens is 306 g/mol. The minimum Gasteiger partial charge on any atom is -0.340 e. The summed E-state index contributed by atoms with van der Waals surface area (Å²) >= 11 is 3.30. The number of aromatic nitrogens is 2. The Morgan fingerprint density at radius 3 is 2.74 bits per heavy atom. The average molecular weight is 320 g/mol. The van der Waals surface area contributed by atoms with Crippen molar-refractivity contribution >= 4 is 21.8 Å². The van der Waals surface area contributed by atoms with Gasteiger partial charge in [-0.2, -0.15) is 0 Å². The van der Waals surface area contributed by atoms with Gasteiger partial charge in [-0.15, -0.1) is 0 Å². The highest BCUT2D eigenvalue weighted by molar-refractivity contribution is 9.10. The number of pyridine rings is 2. The number of nitrogens with zero attached hydrogens (tertiary/aromatic N) is 3. The lowest BCUT2D eigenvalue weighted by Crippen LogP contribution is -2.29. The molecule has 0 aliphatic heterocycles. The normalized spacial score (nSPS) is 10.2. The molecule has 4 nitrogen and oxygen atoms in total. The van der Waals surface area contributed by atoms with Crippen LogP contribution in [0.2, 0.25) is 0 Å². The van der Waals surface area contributed by atoms with Crippen LogP contribution in [-0.2, 0) is 6.42 Å². The van der Waals surface area contributed by atoms with Crippen LogP contribution in [0.1, 0.15) is 16.2 Å². The molecule has 5 heteroatoms. The van der Waals surface area contributed by atoms with E-state index in [0.717, 1.165) is 16.6 Å². The molecule has 2 heterocycles. The van der Waals surface area contributed by atoms with E-state index >= 15 is 0 Å². The molecule has 2 aromatic heterocycles. The van der Waals surface area contributed by atoms with E-state index in [1.54, 1.807) is 30.4 Å². The minimum absolute atomic E-state index is 0.0802. The van der Waals surface area contributed by atoms with Crippen molar-refractivity contribution in [1.29, 1.82) is 0 Å². The summed E-state index contributed by atoms with van der Waals surface area (Å²) < 4.78 is 0.861. The number of hydrogen-bond acceptors (Lipinski definition) is 3. The third kappa shape index (κ3) is 3.86. The number of amides is 1. The Balaban J connectivity index is 1.94. The SMILES string of the molecule is CN(CCc1ccccn1)C(=O)c1ccc(Br)cn1. The van der Waals surface area contributed by atoms with Gasteiger partial charge in [0.1, 0.15) is 5.69 Å². The lowest BCUT2D eigenvalue weighted by Gasteiger charge is -2.16. The molecule has 0 aliphatic rings. The van der Waals surface area contributed by atoms with E-state index in [2.05, 4.69) is 25.9 Å². The van der Waals surface area contributed by atoms with Crippen molar-refractivity contribution in [3.05, 3.63) is 58.6 Å². The molecule has 98 valence electrons. The molecule has 0 N–H and O–H groups in total. The molecule has 0 aromatic carbocycles. The molecular formula is C14H14BrN3O. The Morgan fingerprint density at radius 2 is 2.11 bits per heavy atom. The number of halogens is 1. The largest absolute Gasteiger partial charge is 0.340 e. The maximum Gasteiger partial charge on any atom is 0.272 e. The summed E-state index contributed by atoms with van der Waals surface area (Å²) in [5.41, 5.74) is 1.43. The molecule has 0 radical (unpaired) electrons. The topological polar surface area (TPSA) is 46.1 Å². The second-order valence-corrected chi connectivity index (χ2v) is 5.08. The zero-order valence-electron chi connectivity index (χ0n) is 10.6. The summed E-state index contributed by atoms with van der Waals surface area (Å²) in [6, 6.07) is 9.30. The summed E-state index contributed by atoms with van der Waals surface area (Å²) in [4.78, 5) is 22.1. The van der Waals surface area contributed by atoms with Crippen molar-refractivity contribution < 1.29 is 4.79 Å². The second-order valence-electron chi connectivity index (χ2n) is 4.16. The van der Waals surface area contributed by atoms with E-state index in [1.165, 1.54) is 0 Å². The van der Waals surface area contributed by atoms with Gasteiger partial charge in [0.25, 0.3) is 5.91 Å². The summed E-state index contributed by atoms with van der Waals surface area (Å²) in [5, 5.41) is 0. The van der Waals surface area contributed by atoms with Crippen LogP contribution in [-0.4, -0.2) is 34.4 Å². The molecule has 19 heavy (non-hydrogen) atoms. The van der Waals surface area contributed by atoms with E-state index in [-0.39, 0.29) is 5.91 Å². The zero-order chi connectivity index (χ0) is 13.7. The lowest BCUT2D eigenvalue weighted by molar-refractivity contribution is 0.0790. The van der Waals surface area contributed by atoms with Crippen LogP contribution in [0.3, 0.4) is 0 Å². The van der Waals surface area contributed by atoms with Crippen LogP contribution >= 0.6 is 15.9 Å². The Bertz CT molecular complexity index is 542. The van der Waals surface area contributed by atoms with Crippen LogP contribution < -0.4 is 0 Å². The smallest absolute Gasteiger partial charge is 0.272 e. The number of carbonyl (C=O) groups is 1. The zero-order valence-corrected chi connectivity index (χ0v) is 12.2. The maximum absolute atomic E-state index is 12.1. The fourth-order valence-electron chi connectivity index (χ4n) is 1.63. The molecule has 0 fully saturated rings. The van der Waals surface area contributed by atoms with Gasteiger partial charge in [0.2, 0.25) is 0 Å². The predicted octanol–water partition coefficient (Wildman–Crippen LogP) is 2.55. The fourth-order valence-corrected chi connectivity index (χ4v) is 1.86. The van der Waals surface area contributed by atoms with Crippen molar-refractivity contribution in [1.82, 2.24) is 14.9 Å². The van der Waals surface area contributed by atoms with Gasteiger partial charge >= 0.3 is 0 Å². The Labute approximate surface area is 120 Å². The second kappa shape index (κ2) is 6.43. The standard InChI is InChI=1S/C14H14BrN3O/c1-18(9-7-12-4-2-3-8-16-12)14(19)13-6-5-11(15)10-17-13/h2-6,8,10H,7,9H2,1H3. The van der Waals surface area contributed by atoms with Crippen molar-refractivity contribution in [2.45, 2.75) is 6.42 Å². The third-order valence-electron chi connectivity index (χ3n) is 2.72. The monoisotopic (exact) mass is 319 g/mol. The fraction of sp³-hybridized carbons (Fsp3) is 0.214. The van der Waals surface area contributed by atoms with E-state index in [1.807, 2.05) is 24.3 Å². The Hall–Kier alpha value is -1.75. The van der Waals surface area contributed by atoms with E-state index in [9.17, 15) is 4.79 Å². The Kier molecular flexibility index (Phi) is 4.63. The van der Waals surface area contributed by atoms with Gasteiger partial charge in [-0.3, -0.25) is 9.78 Å². The molecule has 0 atom stereocenters. The number of likely N-dealkylation sites (N-methyl/N-ethyl adjacent to an activating group) is 1. The van der Waals surface area contributed by atoms with Gasteiger partial charge in [-0.05, 0) is 40.2 Å². The summed E-state index contributed by atoms with van der Waals surface area (Å²) in [6.07, 6.45) is 4.12. The third-order valence-corrected chi connectivity index (χ3v) is 3.19. The van der Waals surface area contributed by atoms with Crippen molar-refractivity contribution in [3.8, 4) is 0 Å². The minimum atomic E-state index is -0.0802. The number of carbonyl (C=O) groups excluding carboxylic acids is 1. The van der Waals surface area contributed by atoms with Crippen molar-refractivity contribution in [3.63, 3.8) is 0 Å². The molecule has 0 saturated heterocycles. The molecule has 0 bridgehead atoms. The van der Waals surface area contributed by atoms with Gasteiger partial charge in [-0.1, -0.05) is 6.07 Å². The molecule has 2 rings (SSSR count). The highest BCUT2D eigenvalue weighted by Crippen LogP contribution is 2.09. The van der Waals surface area contributed by atoms with E-state index in [4.69, 9.17) is 0 Å². The summed E-state index contributed by atoms with van der Waals surface area (Å²) in [7, 11) is 1.77. The van der Waals surface area contributed by atoms with E-state index < -0.39 is 0 Å². The summed E-state index contributed by atoms with van der Waals surface area (Å²) in [5.74, 6) is -0.0802. The highest BCUT2D eigenvalue weighted by atomic mass is 79.9. The quantitative estimate of drug-likeness (QED) is 0.870. The van der Waals surface area contributed by atoms with Crippen molar-refractivity contribution in [2.24, 2.45) is 0 Å². The first-order valence-corrected chi connectivity index (χ1v) is 6.73. The van der Waals surface area contributed by atoms with Gasteiger partial charge in [0.15, 0.2) is 0 Å². The summed E-state index contributed by atoms with van der Waals surface area (Å²) in [6.45, 7) is 0.619. The van der Waals surface area contributed by atoms with Gasteiger partial charge in [0.05, 0.1) is 0 Å². The van der Waals surface area contributed by atoms with Gasteiger partial charge < -0.3 is 4.90 Å². The first kappa shape index (κ1) is 13.7. The van der Waals surface area contributed by atoms with E-state index in [0.29, 0.717) is 12.2 Å². The van der Waals surface area contributed by atoms with Crippen LogP contribution in [0.15, 0.2) is 47.2 Å². The van der Waals surface area contributed by atoms with Crippen molar-refractivity contribution in [2.75, 3.05) is 13.6 Å². The van der Waals surface area contributed by atoms with Crippen LogP contribution in [0.5, 0.6) is 0 Å².